The van der Waals surface area contributed by atoms with Gasteiger partial charge in [-0.3, -0.25) is 10.1 Å². The Kier molecular flexibility index (Phi) is 2.22. The maximum atomic E-state index is 10.3. The van der Waals surface area contributed by atoms with Crippen LogP contribution in [0, 0.1) is 20.2 Å². The molecule has 0 aliphatic heterocycles. The predicted octanol–water partition coefficient (Wildman–Crippen LogP) is 1.05. The lowest BCUT2D eigenvalue weighted by Gasteiger charge is -1.88. The predicted molar refractivity (Wildman–Crippen MR) is 39.2 cm³/mol. The van der Waals surface area contributed by atoms with Crippen LogP contribution in [0.1, 0.15) is 12.5 Å². The minimum atomic E-state index is -0.834. The summed E-state index contributed by atoms with van der Waals surface area (Å²) >= 11 is 0. The molecule has 0 radical (unpaired) electrons. The van der Waals surface area contributed by atoms with Gasteiger partial charge in [-0.2, -0.15) is 4.52 Å². The first-order chi connectivity index (χ1) is 6.07. The highest BCUT2D eigenvalue weighted by atomic mass is 16.7. The van der Waals surface area contributed by atoms with Gasteiger partial charge in [-0.15, -0.1) is 0 Å². The molecule has 0 saturated heterocycles. The van der Waals surface area contributed by atoms with Gasteiger partial charge in [0.1, 0.15) is 4.92 Å². The summed E-state index contributed by atoms with van der Waals surface area (Å²) in [5, 5.41) is 23.5. The molecule has 0 aromatic carbocycles. The molecule has 1 aromatic rings. The van der Waals surface area contributed by atoms with Crippen molar-refractivity contribution in [3.8, 4) is 0 Å². The van der Waals surface area contributed by atoms with Crippen molar-refractivity contribution in [2.45, 2.75) is 13.3 Å². The third kappa shape index (κ3) is 1.45. The van der Waals surface area contributed by atoms with Crippen molar-refractivity contribution in [2.75, 3.05) is 0 Å². The number of hydrogen-bond donors (Lipinski definition) is 0. The fourth-order valence-corrected chi connectivity index (χ4v) is 0.889. The zero-order valence-electron chi connectivity index (χ0n) is 6.59. The van der Waals surface area contributed by atoms with Crippen LogP contribution in [0.15, 0.2) is 4.52 Å². The zero-order chi connectivity index (χ0) is 10.0. The Balaban J connectivity index is 3.26. The molecule has 1 aromatic heterocycles. The van der Waals surface area contributed by atoms with Crippen LogP contribution in [-0.4, -0.2) is 15.0 Å². The minimum absolute atomic E-state index is 0.0880. The van der Waals surface area contributed by atoms with E-state index in [1.807, 2.05) is 0 Å². The summed E-state index contributed by atoms with van der Waals surface area (Å²) in [4.78, 5) is 18.9. The molecule has 13 heavy (non-hydrogen) atoms. The smallest absolute Gasteiger partial charge is 0.358 e. The Labute approximate surface area is 71.4 Å². The van der Waals surface area contributed by atoms with Crippen molar-refractivity contribution < 1.29 is 14.4 Å². The van der Waals surface area contributed by atoms with Crippen LogP contribution in [0.2, 0.25) is 0 Å². The van der Waals surface area contributed by atoms with Gasteiger partial charge in [0.15, 0.2) is 10.7 Å². The lowest BCUT2D eigenvalue weighted by molar-refractivity contribution is -0.404. The molecule has 0 aliphatic carbocycles. The Morgan fingerprint density at radius 3 is 2.38 bits per heavy atom. The van der Waals surface area contributed by atoms with Gasteiger partial charge in [0.05, 0.1) is 0 Å². The lowest BCUT2D eigenvalue weighted by atomic mass is 10.2. The van der Waals surface area contributed by atoms with Crippen LogP contribution >= 0.6 is 0 Å². The van der Waals surface area contributed by atoms with Gasteiger partial charge in [0.25, 0.3) is 0 Å². The molecule has 0 fully saturated rings. The van der Waals surface area contributed by atoms with Gasteiger partial charge in [-0.05, 0) is 11.3 Å². The average molecular weight is 187 g/mol. The first kappa shape index (κ1) is 9.10. The SMILES string of the molecule is CCc1c([N+](=O)[O-])noc1[N+](=O)[O-]. The van der Waals surface area contributed by atoms with Gasteiger partial charge in [-0.25, -0.2) is 0 Å². The van der Waals surface area contributed by atoms with Crippen LogP contribution in [0.25, 0.3) is 0 Å². The van der Waals surface area contributed by atoms with E-state index in [1.54, 1.807) is 6.92 Å². The second kappa shape index (κ2) is 3.17. The molecule has 8 heteroatoms. The molecule has 0 amide bonds. The molecule has 70 valence electrons. The zero-order valence-corrected chi connectivity index (χ0v) is 6.59. The Morgan fingerprint density at radius 2 is 2.00 bits per heavy atom. The molecule has 0 atom stereocenters. The largest absolute Gasteiger partial charge is 0.487 e. The maximum Gasteiger partial charge on any atom is 0.487 e. The van der Waals surface area contributed by atoms with E-state index in [9.17, 15) is 20.2 Å². The molecule has 0 saturated carbocycles. The molecule has 0 aliphatic rings. The van der Waals surface area contributed by atoms with Crippen molar-refractivity contribution in [1.82, 2.24) is 5.16 Å². The molecule has 1 heterocycles. The average Bonchev–Trinajstić information content (AvgIpc) is 2.46. The van der Waals surface area contributed by atoms with Crippen LogP contribution in [-0.2, 0) is 6.42 Å². The molecular weight excluding hydrogens is 182 g/mol. The van der Waals surface area contributed by atoms with Crippen molar-refractivity contribution in [2.24, 2.45) is 0 Å². The first-order valence-electron chi connectivity index (χ1n) is 3.35. The molecule has 0 spiro atoms. The second-order valence-electron chi connectivity index (χ2n) is 2.16. The standard InChI is InChI=1S/C5H5N3O5/c1-2-3-4(7(9)10)6-13-5(3)8(11)12/h2H2,1H3. The monoisotopic (exact) mass is 187 g/mol. The summed E-state index contributed by atoms with van der Waals surface area (Å²) in [6.07, 6.45) is 0.135. The van der Waals surface area contributed by atoms with Crippen LogP contribution in [0.4, 0.5) is 11.7 Å². The second-order valence-corrected chi connectivity index (χ2v) is 2.16. The normalized spacial score (nSPS) is 9.92. The number of rotatable bonds is 3. The van der Waals surface area contributed by atoms with E-state index in [2.05, 4.69) is 9.68 Å². The van der Waals surface area contributed by atoms with Crippen molar-refractivity contribution in [3.63, 3.8) is 0 Å². The van der Waals surface area contributed by atoms with Crippen LogP contribution in [0.3, 0.4) is 0 Å². The Hall–Kier alpha value is -1.99. The number of nitro groups is 2. The van der Waals surface area contributed by atoms with E-state index < -0.39 is 21.5 Å². The molecule has 0 bridgehead atoms. The first-order valence-corrected chi connectivity index (χ1v) is 3.35. The van der Waals surface area contributed by atoms with Gasteiger partial charge in [-0.1, -0.05) is 6.92 Å². The summed E-state index contributed by atoms with van der Waals surface area (Å²) in [6, 6.07) is 0. The summed E-state index contributed by atoms with van der Waals surface area (Å²) in [5.74, 6) is -1.25. The summed E-state index contributed by atoms with van der Waals surface area (Å²) in [7, 11) is 0. The Bertz CT molecular complexity index is 326. The third-order valence-corrected chi connectivity index (χ3v) is 1.44. The lowest BCUT2D eigenvalue weighted by Crippen LogP contribution is -1.94. The van der Waals surface area contributed by atoms with Crippen molar-refractivity contribution in [3.05, 3.63) is 25.8 Å². The molecule has 0 N–H and O–H groups in total. The summed E-state index contributed by atoms with van der Waals surface area (Å²) in [6.45, 7) is 1.55. The van der Waals surface area contributed by atoms with E-state index in [0.717, 1.165) is 0 Å². The number of hydrogen-bond acceptors (Lipinski definition) is 6. The van der Waals surface area contributed by atoms with Crippen LogP contribution < -0.4 is 0 Å². The fraction of sp³-hybridized carbons (Fsp3) is 0.400. The van der Waals surface area contributed by atoms with Crippen molar-refractivity contribution >= 4 is 11.7 Å². The molecular formula is C5H5N3O5. The van der Waals surface area contributed by atoms with Crippen LogP contribution in [0.5, 0.6) is 0 Å². The van der Waals surface area contributed by atoms with E-state index in [-0.39, 0.29) is 12.0 Å². The van der Waals surface area contributed by atoms with E-state index in [4.69, 9.17) is 0 Å². The van der Waals surface area contributed by atoms with Gasteiger partial charge < -0.3 is 10.1 Å². The third-order valence-electron chi connectivity index (χ3n) is 1.44. The minimum Gasteiger partial charge on any atom is -0.358 e. The fourth-order valence-electron chi connectivity index (χ4n) is 0.889. The molecule has 1 rings (SSSR count). The summed E-state index contributed by atoms with van der Waals surface area (Å²) < 4.78 is 4.22. The maximum absolute atomic E-state index is 10.3. The highest BCUT2D eigenvalue weighted by Gasteiger charge is 2.32. The highest BCUT2D eigenvalue weighted by Crippen LogP contribution is 2.27. The summed E-state index contributed by atoms with van der Waals surface area (Å²) in [5.41, 5.74) is -0.0880. The quantitative estimate of drug-likeness (QED) is 0.516. The number of nitrogens with zero attached hydrogens (tertiary/aromatic N) is 3. The van der Waals surface area contributed by atoms with Gasteiger partial charge in [0.2, 0.25) is 0 Å². The topological polar surface area (TPSA) is 112 Å². The molecule has 8 nitrogen and oxygen atoms in total. The Morgan fingerprint density at radius 1 is 1.38 bits per heavy atom. The highest BCUT2D eigenvalue weighted by molar-refractivity contribution is 5.41. The van der Waals surface area contributed by atoms with Gasteiger partial charge in [0, 0.05) is 0 Å². The van der Waals surface area contributed by atoms with Gasteiger partial charge >= 0.3 is 11.7 Å². The van der Waals surface area contributed by atoms with E-state index in [0.29, 0.717) is 0 Å². The van der Waals surface area contributed by atoms with E-state index >= 15 is 0 Å². The number of aromatic nitrogens is 1. The van der Waals surface area contributed by atoms with Crippen molar-refractivity contribution in [1.29, 1.82) is 0 Å². The van der Waals surface area contributed by atoms with E-state index in [1.165, 1.54) is 0 Å². The molecule has 0 unspecified atom stereocenters.